The quantitative estimate of drug-likeness (QED) is 0.720. The van der Waals surface area contributed by atoms with Crippen molar-refractivity contribution in [2.45, 2.75) is 65.1 Å². The molecule has 17 heavy (non-hydrogen) atoms. The molecule has 1 aliphatic heterocycles. The fourth-order valence-electron chi connectivity index (χ4n) is 3.37. The van der Waals surface area contributed by atoms with Crippen LogP contribution in [0, 0.1) is 23.7 Å². The molecule has 7 unspecified atom stereocenters. The standard InChI is InChI=1S/C14H24F2O/c1-7(2)11(15)13-9(4)10-6-5-8(3)12(16)14(10)17-13/h7-14H,5-6H2,1-4H3. The van der Waals surface area contributed by atoms with Gasteiger partial charge in [0.15, 0.2) is 0 Å². The molecule has 7 atom stereocenters. The highest BCUT2D eigenvalue weighted by molar-refractivity contribution is 4.99. The molecule has 0 spiro atoms. The maximum Gasteiger partial charge on any atom is 0.129 e. The van der Waals surface area contributed by atoms with Crippen molar-refractivity contribution in [2.24, 2.45) is 23.7 Å². The molecule has 100 valence electrons. The lowest BCUT2D eigenvalue weighted by Gasteiger charge is -2.33. The van der Waals surface area contributed by atoms with E-state index in [0.29, 0.717) is 0 Å². The molecule has 0 aromatic rings. The Bertz CT molecular complexity index is 269. The molecule has 0 aromatic heterocycles. The van der Waals surface area contributed by atoms with Gasteiger partial charge in [0.05, 0.1) is 12.2 Å². The summed E-state index contributed by atoms with van der Waals surface area (Å²) in [6.45, 7) is 7.67. The Morgan fingerprint density at radius 2 is 1.82 bits per heavy atom. The van der Waals surface area contributed by atoms with Crippen LogP contribution < -0.4 is 0 Å². The predicted molar refractivity (Wildman–Crippen MR) is 64.3 cm³/mol. The Morgan fingerprint density at radius 3 is 2.41 bits per heavy atom. The van der Waals surface area contributed by atoms with Crippen LogP contribution in [-0.2, 0) is 4.74 Å². The first kappa shape index (κ1) is 13.3. The zero-order chi connectivity index (χ0) is 12.7. The van der Waals surface area contributed by atoms with Crippen LogP contribution in [0.4, 0.5) is 8.78 Å². The van der Waals surface area contributed by atoms with Crippen LogP contribution in [0.2, 0.25) is 0 Å². The summed E-state index contributed by atoms with van der Waals surface area (Å²) < 4.78 is 33.9. The first-order valence-electron chi connectivity index (χ1n) is 6.87. The Morgan fingerprint density at radius 1 is 1.18 bits per heavy atom. The summed E-state index contributed by atoms with van der Waals surface area (Å²) in [5, 5.41) is 0. The minimum absolute atomic E-state index is 0.0549. The van der Waals surface area contributed by atoms with E-state index in [1.54, 1.807) is 0 Å². The molecule has 1 nitrogen and oxygen atoms in total. The molecule has 1 saturated carbocycles. The average molecular weight is 246 g/mol. The van der Waals surface area contributed by atoms with Crippen molar-refractivity contribution < 1.29 is 13.5 Å². The summed E-state index contributed by atoms with van der Waals surface area (Å²) in [5.74, 6) is 0.351. The van der Waals surface area contributed by atoms with Gasteiger partial charge in [0.2, 0.25) is 0 Å². The molecule has 1 heterocycles. The SMILES string of the molecule is CC(C)C(F)C1OC2C(F)C(C)CCC2C1C. The maximum absolute atomic E-state index is 14.1. The molecule has 0 aromatic carbocycles. The molecule has 0 bridgehead atoms. The number of hydrogen-bond donors (Lipinski definition) is 0. The third-order valence-corrected chi connectivity index (χ3v) is 4.69. The van der Waals surface area contributed by atoms with Crippen molar-refractivity contribution in [1.82, 2.24) is 0 Å². The first-order valence-corrected chi connectivity index (χ1v) is 6.87. The number of hydrogen-bond acceptors (Lipinski definition) is 1. The second-order valence-electron chi connectivity index (χ2n) is 6.28. The fourth-order valence-corrected chi connectivity index (χ4v) is 3.37. The van der Waals surface area contributed by atoms with Crippen molar-refractivity contribution in [3.8, 4) is 0 Å². The van der Waals surface area contributed by atoms with Gasteiger partial charge in [-0.25, -0.2) is 8.78 Å². The van der Waals surface area contributed by atoms with E-state index in [9.17, 15) is 8.78 Å². The van der Waals surface area contributed by atoms with Crippen LogP contribution in [0.15, 0.2) is 0 Å². The molecule has 2 aliphatic rings. The summed E-state index contributed by atoms with van der Waals surface area (Å²) in [4.78, 5) is 0. The van der Waals surface area contributed by atoms with Crippen LogP contribution >= 0.6 is 0 Å². The highest BCUT2D eigenvalue weighted by atomic mass is 19.1. The Labute approximate surface area is 103 Å². The highest BCUT2D eigenvalue weighted by Gasteiger charge is 2.51. The molecule has 1 saturated heterocycles. The molecular formula is C14H24F2O. The van der Waals surface area contributed by atoms with E-state index in [4.69, 9.17) is 4.74 Å². The van der Waals surface area contributed by atoms with Crippen LogP contribution in [-0.4, -0.2) is 24.6 Å². The third kappa shape index (κ3) is 2.23. The molecule has 1 aliphatic carbocycles. The predicted octanol–water partition coefficient (Wildman–Crippen LogP) is 3.77. The fraction of sp³-hybridized carbons (Fsp3) is 1.00. The van der Waals surface area contributed by atoms with E-state index >= 15 is 0 Å². The van der Waals surface area contributed by atoms with E-state index in [0.717, 1.165) is 12.8 Å². The van der Waals surface area contributed by atoms with Gasteiger partial charge >= 0.3 is 0 Å². The minimum atomic E-state index is -0.974. The van der Waals surface area contributed by atoms with E-state index in [-0.39, 0.29) is 29.8 Å². The van der Waals surface area contributed by atoms with E-state index < -0.39 is 18.4 Å². The number of rotatable bonds is 2. The molecule has 0 N–H and O–H groups in total. The summed E-state index contributed by atoms with van der Waals surface area (Å²) in [6.07, 6.45) is -0.779. The average Bonchev–Trinajstić information content (AvgIpc) is 2.61. The second-order valence-corrected chi connectivity index (χ2v) is 6.28. The number of alkyl halides is 2. The largest absolute Gasteiger partial charge is 0.368 e. The number of fused-ring (bicyclic) bond motifs is 1. The Kier molecular flexibility index (Phi) is 3.77. The van der Waals surface area contributed by atoms with Gasteiger partial charge in [-0.05, 0) is 36.5 Å². The molecular weight excluding hydrogens is 222 g/mol. The van der Waals surface area contributed by atoms with Crippen LogP contribution in [0.3, 0.4) is 0 Å². The smallest absolute Gasteiger partial charge is 0.129 e. The van der Waals surface area contributed by atoms with E-state index in [2.05, 4.69) is 0 Å². The molecule has 0 amide bonds. The van der Waals surface area contributed by atoms with Crippen LogP contribution in [0.25, 0.3) is 0 Å². The minimum Gasteiger partial charge on any atom is -0.368 e. The van der Waals surface area contributed by atoms with Gasteiger partial charge in [0.25, 0.3) is 0 Å². The monoisotopic (exact) mass is 246 g/mol. The lowest BCUT2D eigenvalue weighted by atomic mass is 9.74. The normalized spacial score (nSPS) is 48.2. The van der Waals surface area contributed by atoms with Crippen molar-refractivity contribution in [3.63, 3.8) is 0 Å². The van der Waals surface area contributed by atoms with Gasteiger partial charge in [-0.15, -0.1) is 0 Å². The summed E-state index contributed by atoms with van der Waals surface area (Å²) >= 11 is 0. The molecule has 3 heteroatoms. The van der Waals surface area contributed by atoms with E-state index in [1.165, 1.54) is 0 Å². The lowest BCUT2D eigenvalue weighted by Crippen LogP contribution is -2.38. The summed E-state index contributed by atoms with van der Waals surface area (Å²) in [7, 11) is 0. The van der Waals surface area contributed by atoms with E-state index in [1.807, 2.05) is 27.7 Å². The van der Waals surface area contributed by atoms with Gasteiger partial charge in [0, 0.05) is 0 Å². The van der Waals surface area contributed by atoms with Crippen molar-refractivity contribution in [1.29, 1.82) is 0 Å². The molecule has 0 radical (unpaired) electrons. The van der Waals surface area contributed by atoms with Gasteiger partial charge in [-0.3, -0.25) is 0 Å². The van der Waals surface area contributed by atoms with Gasteiger partial charge in [-0.2, -0.15) is 0 Å². The van der Waals surface area contributed by atoms with Crippen molar-refractivity contribution >= 4 is 0 Å². The van der Waals surface area contributed by atoms with Crippen molar-refractivity contribution in [3.05, 3.63) is 0 Å². The Balaban J connectivity index is 2.11. The zero-order valence-corrected chi connectivity index (χ0v) is 11.2. The third-order valence-electron chi connectivity index (χ3n) is 4.69. The van der Waals surface area contributed by atoms with Gasteiger partial charge < -0.3 is 4.74 Å². The summed E-state index contributed by atoms with van der Waals surface area (Å²) in [6, 6.07) is 0. The summed E-state index contributed by atoms with van der Waals surface area (Å²) in [5.41, 5.74) is 0. The van der Waals surface area contributed by atoms with Crippen molar-refractivity contribution in [2.75, 3.05) is 0 Å². The van der Waals surface area contributed by atoms with Gasteiger partial charge in [0.1, 0.15) is 12.3 Å². The molecule has 2 rings (SSSR count). The van der Waals surface area contributed by atoms with Crippen LogP contribution in [0.1, 0.15) is 40.5 Å². The topological polar surface area (TPSA) is 9.23 Å². The number of ether oxygens (including phenoxy) is 1. The highest BCUT2D eigenvalue weighted by Crippen LogP contribution is 2.46. The van der Waals surface area contributed by atoms with Gasteiger partial charge in [-0.1, -0.05) is 27.7 Å². The Hall–Kier alpha value is -0.180. The maximum atomic E-state index is 14.1. The zero-order valence-electron chi connectivity index (χ0n) is 11.2. The number of halogens is 2. The molecule has 2 fully saturated rings. The second kappa shape index (κ2) is 4.83. The first-order chi connectivity index (χ1) is 7.93. The lowest BCUT2D eigenvalue weighted by molar-refractivity contribution is -0.0757. The van der Waals surface area contributed by atoms with Crippen LogP contribution in [0.5, 0.6) is 0 Å².